The first-order chi connectivity index (χ1) is 11.4. The average molecular weight is 348 g/mol. The number of aryl methyl sites for hydroxylation is 1. The van der Waals surface area contributed by atoms with Crippen LogP contribution in [0.1, 0.15) is 5.56 Å². The molecule has 1 aliphatic rings. The van der Waals surface area contributed by atoms with Crippen LogP contribution >= 0.6 is 0 Å². The van der Waals surface area contributed by atoms with E-state index in [9.17, 15) is 13.2 Å². The summed E-state index contributed by atoms with van der Waals surface area (Å²) in [6.45, 7) is 3.71. The number of pyridine rings is 1. The van der Waals surface area contributed by atoms with Crippen LogP contribution in [0.2, 0.25) is 0 Å². The zero-order valence-electron chi connectivity index (χ0n) is 13.5. The molecule has 0 radical (unpaired) electrons. The summed E-state index contributed by atoms with van der Waals surface area (Å²) < 4.78 is 27.4. The van der Waals surface area contributed by atoms with E-state index in [1.54, 1.807) is 18.3 Å². The zero-order chi connectivity index (χ0) is 17.3. The molecular formula is C16H20N4O3S. The molecule has 0 spiro atoms. The largest absolute Gasteiger partial charge is 0.369 e. The van der Waals surface area contributed by atoms with Crippen LogP contribution < -0.4 is 5.73 Å². The summed E-state index contributed by atoms with van der Waals surface area (Å²) in [5.41, 5.74) is 6.66. The van der Waals surface area contributed by atoms with Gasteiger partial charge in [0.2, 0.25) is 15.9 Å². The van der Waals surface area contributed by atoms with E-state index in [2.05, 4.69) is 4.98 Å². The van der Waals surface area contributed by atoms with Crippen molar-refractivity contribution in [1.29, 1.82) is 0 Å². The second kappa shape index (κ2) is 6.46. The van der Waals surface area contributed by atoms with Crippen molar-refractivity contribution in [2.75, 3.05) is 32.7 Å². The Labute approximate surface area is 141 Å². The Morgan fingerprint density at radius 3 is 2.62 bits per heavy atom. The van der Waals surface area contributed by atoms with Gasteiger partial charge in [0.25, 0.3) is 0 Å². The van der Waals surface area contributed by atoms with E-state index in [0.717, 1.165) is 10.9 Å². The fourth-order valence-corrected chi connectivity index (χ4v) is 4.53. The minimum atomic E-state index is -3.63. The minimum absolute atomic E-state index is 0.156. The SMILES string of the molecule is Cc1cnc2c(S(=O)(=O)N3CCN(CC(N)=O)CC3)cccc2c1. The van der Waals surface area contributed by atoms with Crippen LogP contribution in [0.3, 0.4) is 0 Å². The molecule has 0 saturated carbocycles. The predicted molar refractivity (Wildman–Crippen MR) is 90.9 cm³/mol. The van der Waals surface area contributed by atoms with Crippen molar-refractivity contribution >= 4 is 26.8 Å². The quantitative estimate of drug-likeness (QED) is 0.859. The van der Waals surface area contributed by atoms with Gasteiger partial charge in [0.15, 0.2) is 0 Å². The van der Waals surface area contributed by atoms with Crippen molar-refractivity contribution in [3.05, 3.63) is 36.0 Å². The van der Waals surface area contributed by atoms with Gasteiger partial charge >= 0.3 is 0 Å². The molecule has 128 valence electrons. The third-order valence-electron chi connectivity index (χ3n) is 4.14. The topological polar surface area (TPSA) is 96.6 Å². The number of carbonyl (C=O) groups is 1. The second-order valence-electron chi connectivity index (χ2n) is 5.99. The summed E-state index contributed by atoms with van der Waals surface area (Å²) in [5.74, 6) is -0.403. The minimum Gasteiger partial charge on any atom is -0.369 e. The van der Waals surface area contributed by atoms with Gasteiger partial charge in [-0.3, -0.25) is 14.7 Å². The van der Waals surface area contributed by atoms with Crippen LogP contribution in [0.4, 0.5) is 0 Å². The van der Waals surface area contributed by atoms with Crippen LogP contribution in [-0.4, -0.2) is 61.2 Å². The number of fused-ring (bicyclic) bond motifs is 1. The van der Waals surface area contributed by atoms with Gasteiger partial charge in [0.1, 0.15) is 4.90 Å². The Morgan fingerprint density at radius 2 is 1.96 bits per heavy atom. The smallest absolute Gasteiger partial charge is 0.245 e. The molecule has 24 heavy (non-hydrogen) atoms. The number of hydrogen-bond acceptors (Lipinski definition) is 5. The van der Waals surface area contributed by atoms with Crippen LogP contribution in [0.15, 0.2) is 35.4 Å². The number of hydrogen-bond donors (Lipinski definition) is 1. The lowest BCUT2D eigenvalue weighted by Gasteiger charge is -2.33. The molecule has 2 heterocycles. The van der Waals surface area contributed by atoms with Crippen LogP contribution in [-0.2, 0) is 14.8 Å². The number of nitrogens with zero attached hydrogens (tertiary/aromatic N) is 3. The lowest BCUT2D eigenvalue weighted by atomic mass is 10.2. The first-order valence-corrected chi connectivity index (χ1v) is 9.18. The van der Waals surface area contributed by atoms with Crippen molar-refractivity contribution in [2.45, 2.75) is 11.8 Å². The fourth-order valence-electron chi connectivity index (χ4n) is 2.94. The van der Waals surface area contributed by atoms with Gasteiger partial charge in [-0.1, -0.05) is 12.1 Å². The molecule has 1 fully saturated rings. The zero-order valence-corrected chi connectivity index (χ0v) is 14.3. The summed E-state index contributed by atoms with van der Waals surface area (Å²) in [6.07, 6.45) is 1.67. The van der Waals surface area contributed by atoms with E-state index in [1.807, 2.05) is 24.0 Å². The van der Waals surface area contributed by atoms with Crippen LogP contribution in [0, 0.1) is 6.92 Å². The number of sulfonamides is 1. The number of aromatic nitrogens is 1. The van der Waals surface area contributed by atoms with E-state index in [-0.39, 0.29) is 11.4 Å². The first kappa shape index (κ1) is 16.8. The lowest BCUT2D eigenvalue weighted by molar-refractivity contribution is -0.119. The number of benzene rings is 1. The second-order valence-corrected chi connectivity index (χ2v) is 7.89. The maximum absolute atomic E-state index is 13.0. The van der Waals surface area contributed by atoms with Gasteiger partial charge in [-0.2, -0.15) is 4.31 Å². The maximum Gasteiger partial charge on any atom is 0.245 e. The normalized spacial score (nSPS) is 17.2. The van der Waals surface area contributed by atoms with Gasteiger partial charge in [0, 0.05) is 37.8 Å². The van der Waals surface area contributed by atoms with Crippen molar-refractivity contribution in [3.8, 4) is 0 Å². The Hall–Kier alpha value is -2.03. The van der Waals surface area contributed by atoms with Gasteiger partial charge in [-0.25, -0.2) is 8.42 Å². The molecule has 0 atom stereocenters. The Morgan fingerprint density at radius 1 is 1.25 bits per heavy atom. The lowest BCUT2D eigenvalue weighted by Crippen LogP contribution is -2.50. The number of rotatable bonds is 4. The van der Waals surface area contributed by atoms with E-state index in [4.69, 9.17) is 5.73 Å². The molecule has 2 aromatic rings. The standard InChI is InChI=1S/C16H20N4O3S/c1-12-9-13-3-2-4-14(16(13)18-10-12)24(22,23)20-7-5-19(6-8-20)11-15(17)21/h2-4,9-10H,5-8,11H2,1H3,(H2,17,21). The fraction of sp³-hybridized carbons (Fsp3) is 0.375. The highest BCUT2D eigenvalue weighted by Crippen LogP contribution is 2.25. The molecule has 0 aliphatic carbocycles. The Bertz CT molecular complexity index is 874. The number of para-hydroxylation sites is 1. The van der Waals surface area contributed by atoms with E-state index in [0.29, 0.717) is 31.7 Å². The third kappa shape index (κ3) is 3.26. The number of primary amides is 1. The summed E-state index contributed by atoms with van der Waals surface area (Å²) in [7, 11) is -3.63. The molecule has 0 unspecified atom stereocenters. The van der Waals surface area contributed by atoms with E-state index in [1.165, 1.54) is 4.31 Å². The molecular weight excluding hydrogens is 328 g/mol. The van der Waals surface area contributed by atoms with Crippen LogP contribution in [0.5, 0.6) is 0 Å². The number of nitrogens with two attached hydrogens (primary N) is 1. The average Bonchev–Trinajstić information content (AvgIpc) is 2.54. The van der Waals surface area contributed by atoms with Gasteiger partial charge in [-0.05, 0) is 24.6 Å². The highest BCUT2D eigenvalue weighted by molar-refractivity contribution is 7.89. The molecule has 0 bridgehead atoms. The molecule has 1 aliphatic heterocycles. The molecule has 3 rings (SSSR count). The van der Waals surface area contributed by atoms with Gasteiger partial charge in [-0.15, -0.1) is 0 Å². The van der Waals surface area contributed by atoms with E-state index >= 15 is 0 Å². The summed E-state index contributed by atoms with van der Waals surface area (Å²) in [4.78, 5) is 17.4. The number of carbonyl (C=O) groups excluding carboxylic acids is 1. The Kier molecular flexibility index (Phi) is 4.53. The molecule has 1 aromatic carbocycles. The van der Waals surface area contributed by atoms with Crippen molar-refractivity contribution in [2.24, 2.45) is 5.73 Å². The predicted octanol–water partition coefficient (Wildman–Crippen LogP) is 0.335. The molecule has 2 N–H and O–H groups in total. The third-order valence-corrected chi connectivity index (χ3v) is 6.07. The molecule has 1 saturated heterocycles. The molecule has 7 nitrogen and oxygen atoms in total. The highest BCUT2D eigenvalue weighted by Gasteiger charge is 2.30. The van der Waals surface area contributed by atoms with Gasteiger partial charge < -0.3 is 5.73 Å². The van der Waals surface area contributed by atoms with Crippen molar-refractivity contribution < 1.29 is 13.2 Å². The number of amides is 1. The molecule has 1 aromatic heterocycles. The summed E-state index contributed by atoms with van der Waals surface area (Å²) >= 11 is 0. The summed E-state index contributed by atoms with van der Waals surface area (Å²) in [6, 6.07) is 7.11. The molecule has 8 heteroatoms. The van der Waals surface area contributed by atoms with E-state index < -0.39 is 15.9 Å². The summed E-state index contributed by atoms with van der Waals surface area (Å²) in [5, 5.41) is 0.809. The maximum atomic E-state index is 13.0. The van der Waals surface area contributed by atoms with Crippen LogP contribution in [0.25, 0.3) is 10.9 Å². The first-order valence-electron chi connectivity index (χ1n) is 7.74. The van der Waals surface area contributed by atoms with Gasteiger partial charge in [0.05, 0.1) is 12.1 Å². The van der Waals surface area contributed by atoms with Crippen molar-refractivity contribution in [3.63, 3.8) is 0 Å². The monoisotopic (exact) mass is 348 g/mol. The highest BCUT2D eigenvalue weighted by atomic mass is 32.2. The Balaban J connectivity index is 1.88. The number of piperazine rings is 1. The molecule has 1 amide bonds. The van der Waals surface area contributed by atoms with Crippen molar-refractivity contribution in [1.82, 2.24) is 14.2 Å².